The van der Waals surface area contributed by atoms with Crippen molar-refractivity contribution in [3.05, 3.63) is 255 Å². The number of hydrogen-bond acceptors (Lipinski definition) is 6. The highest BCUT2D eigenvalue weighted by molar-refractivity contribution is 7.92. The number of fused-ring (bicyclic) bond motifs is 9. The molecule has 13 aromatic carbocycles. The number of benzene rings is 13. The molecule has 0 unspecified atom stereocenters. The molecule has 0 spiro atoms. The second-order valence-electron chi connectivity index (χ2n) is 20.3. The van der Waals surface area contributed by atoms with Crippen molar-refractivity contribution in [3.63, 3.8) is 0 Å². The monoisotopic (exact) mass is 1070 g/mol. The Kier molecular flexibility index (Phi) is 9.95. The smallest absolute Gasteiger partial charge is 0.210 e. The zero-order valence-corrected chi connectivity index (χ0v) is 44.1. The topological polar surface area (TPSA) is 104 Å². The normalized spacial score (nSPS) is 13.7. The first-order chi connectivity index (χ1) is 39.3. The summed E-state index contributed by atoms with van der Waals surface area (Å²) in [7, 11) is -7.35. The fourth-order valence-corrected chi connectivity index (χ4v) is 16.0. The molecule has 4 heterocycles. The Hall–Kier alpha value is -10.0. The summed E-state index contributed by atoms with van der Waals surface area (Å²) in [4.78, 5) is 11.5. The van der Waals surface area contributed by atoms with E-state index < -0.39 is 19.7 Å². The van der Waals surface area contributed by atoms with Crippen LogP contribution in [0.3, 0.4) is 0 Å². The average molecular weight is 1070 g/mol. The minimum Gasteiger partial charge on any atom is -0.290 e. The molecule has 0 amide bonds. The Morgan fingerprint density at radius 2 is 0.625 bits per heavy atom. The van der Waals surface area contributed by atoms with Gasteiger partial charge in [0.15, 0.2) is 0 Å². The zero-order valence-electron chi connectivity index (χ0n) is 42.5. The van der Waals surface area contributed by atoms with E-state index in [1.165, 1.54) is 21.9 Å². The lowest BCUT2D eigenvalue weighted by Crippen LogP contribution is -2.15. The molecule has 0 N–H and O–H groups in total. The van der Waals surface area contributed by atoms with Gasteiger partial charge in [-0.15, -0.1) is 0 Å². The maximum Gasteiger partial charge on any atom is 0.210 e. The molecule has 80 heavy (non-hydrogen) atoms. The van der Waals surface area contributed by atoms with E-state index in [9.17, 15) is 16.8 Å². The van der Waals surface area contributed by atoms with Gasteiger partial charge in [-0.3, -0.25) is 9.13 Å². The van der Waals surface area contributed by atoms with Crippen LogP contribution in [0.15, 0.2) is 274 Å². The molecule has 0 bridgehead atoms. The van der Waals surface area contributed by atoms with E-state index in [1.807, 2.05) is 51.6 Å². The van der Waals surface area contributed by atoms with Gasteiger partial charge in [0.2, 0.25) is 19.7 Å². The van der Waals surface area contributed by atoms with Crippen molar-refractivity contribution in [2.75, 3.05) is 0 Å². The Labute approximate surface area is 459 Å². The zero-order chi connectivity index (χ0) is 53.4. The quantitative estimate of drug-likeness (QED) is 0.163. The van der Waals surface area contributed by atoms with Crippen LogP contribution in [0, 0.1) is 0 Å². The lowest BCUT2D eigenvalue weighted by atomic mass is 9.87. The largest absolute Gasteiger partial charge is 0.290 e. The van der Waals surface area contributed by atoms with Crippen molar-refractivity contribution < 1.29 is 16.8 Å². The highest BCUT2D eigenvalue weighted by Gasteiger charge is 2.36. The van der Waals surface area contributed by atoms with Gasteiger partial charge in [-0.05, 0) is 131 Å². The predicted octanol–water partition coefficient (Wildman–Crippen LogP) is 16.8. The highest BCUT2D eigenvalue weighted by Crippen LogP contribution is 2.50. The summed E-state index contributed by atoms with van der Waals surface area (Å²) >= 11 is 0. The van der Waals surface area contributed by atoms with Gasteiger partial charge in [-0.25, -0.2) is 26.8 Å². The maximum absolute atomic E-state index is 13.7. The van der Waals surface area contributed by atoms with Crippen LogP contribution in [-0.2, 0) is 19.7 Å². The summed E-state index contributed by atoms with van der Waals surface area (Å²) in [5.41, 5.74) is 10.5. The molecule has 8 nitrogen and oxygen atoms in total. The molecular formula is C70H42N4O4S2. The highest BCUT2D eigenvalue weighted by atomic mass is 32.2. The van der Waals surface area contributed by atoms with Crippen molar-refractivity contribution in [1.29, 1.82) is 0 Å². The summed E-state index contributed by atoms with van der Waals surface area (Å²) in [6.07, 6.45) is 0. The molecule has 2 aliphatic heterocycles. The summed E-state index contributed by atoms with van der Waals surface area (Å²) in [6.45, 7) is 0. The molecule has 0 saturated heterocycles. The van der Waals surface area contributed by atoms with E-state index >= 15 is 0 Å². The third-order valence-electron chi connectivity index (χ3n) is 16.1. The van der Waals surface area contributed by atoms with E-state index in [2.05, 4.69) is 164 Å². The summed E-state index contributed by atoms with van der Waals surface area (Å²) in [5, 5.41) is 11.2. The summed E-state index contributed by atoms with van der Waals surface area (Å²) in [6, 6.07) is 84.5. The van der Waals surface area contributed by atoms with Crippen LogP contribution in [0.1, 0.15) is 0 Å². The van der Waals surface area contributed by atoms with Crippen LogP contribution in [0.5, 0.6) is 0 Å². The van der Waals surface area contributed by atoms with Gasteiger partial charge in [-0.2, -0.15) is 0 Å². The van der Waals surface area contributed by atoms with Gasteiger partial charge in [-0.1, -0.05) is 200 Å². The first-order valence-corrected chi connectivity index (χ1v) is 29.4. The van der Waals surface area contributed by atoms with E-state index in [0.29, 0.717) is 53.0 Å². The van der Waals surface area contributed by atoms with Crippen molar-refractivity contribution >= 4 is 95.6 Å². The van der Waals surface area contributed by atoms with Crippen LogP contribution in [-0.4, -0.2) is 35.9 Å². The van der Waals surface area contributed by atoms with Gasteiger partial charge in [0.1, 0.15) is 11.6 Å². The number of sulfone groups is 2. The molecule has 0 atom stereocenters. The van der Waals surface area contributed by atoms with Crippen LogP contribution in [0.25, 0.3) is 132 Å². The van der Waals surface area contributed by atoms with E-state index in [0.717, 1.165) is 77.0 Å². The molecular weight excluding hydrogens is 1020 g/mol. The van der Waals surface area contributed by atoms with E-state index in [-0.39, 0.29) is 0 Å². The van der Waals surface area contributed by atoms with Crippen molar-refractivity contribution in [2.24, 2.45) is 0 Å². The number of hydrogen-bond donors (Lipinski definition) is 0. The molecule has 17 rings (SSSR count). The van der Waals surface area contributed by atoms with Crippen molar-refractivity contribution in [1.82, 2.24) is 19.1 Å². The van der Waals surface area contributed by atoms with E-state index in [1.54, 1.807) is 48.5 Å². The number of rotatable bonds is 4. The molecule has 0 radical (unpaired) electrons. The van der Waals surface area contributed by atoms with E-state index in [4.69, 9.17) is 9.97 Å². The molecule has 0 fully saturated rings. The Morgan fingerprint density at radius 3 is 1.07 bits per heavy atom. The molecule has 10 heteroatoms. The summed E-state index contributed by atoms with van der Waals surface area (Å²) in [5.74, 6) is 1.47. The molecule has 15 aromatic rings. The fraction of sp³-hybridized carbons (Fsp3) is 0. The Bertz CT molecular complexity index is 5300. The Balaban J connectivity index is 0.000000133. The van der Waals surface area contributed by atoms with Gasteiger partial charge in [0, 0.05) is 11.1 Å². The molecule has 0 saturated carbocycles. The number of para-hydroxylation sites is 4. The standard InChI is InChI=1S/C37H22N2O2S.C33H20N2O2S/c40-42(41)32-18-8-7-17-31(32)39-36-30(16-9-19-33(36)42)38-37(39)35-28-14-5-3-12-26(28)34(27-13-4-6-15-29(27)35)25-21-20-23-10-1-2-11-24(23)22-25;36-38(37)28-19-9-8-18-27(28)35-32-26(17-10-20-29(32)38)34-33(35)31-24-15-6-4-13-22(24)30(21-11-2-1-3-12-21)23-14-5-7-16-25(23)31/h1-22H;1-20H. The van der Waals surface area contributed by atoms with Gasteiger partial charge < -0.3 is 0 Å². The molecule has 2 aliphatic rings. The van der Waals surface area contributed by atoms with Crippen LogP contribution in [0.2, 0.25) is 0 Å². The minimum absolute atomic E-state index is 0.291. The lowest BCUT2D eigenvalue weighted by molar-refractivity contribution is 0.593. The van der Waals surface area contributed by atoms with Crippen LogP contribution >= 0.6 is 0 Å². The minimum atomic E-state index is -3.68. The number of imidazole rings is 2. The van der Waals surface area contributed by atoms with Crippen molar-refractivity contribution in [2.45, 2.75) is 19.6 Å². The second-order valence-corrected chi connectivity index (χ2v) is 24.1. The lowest BCUT2D eigenvalue weighted by Gasteiger charge is -2.22. The third kappa shape index (κ3) is 6.54. The molecule has 2 aromatic heterocycles. The third-order valence-corrected chi connectivity index (χ3v) is 19.7. The number of nitrogens with zero attached hydrogens (tertiary/aromatic N) is 4. The SMILES string of the molecule is O=S1(=O)c2ccccc2-n2c(-c3c4ccccc4c(-c4ccc5ccccc5c4)c4ccccc34)nc3cccc1c32.O=S1(=O)c2ccccc2-n2c(-c3c4ccccc4c(-c4ccccc4)c4ccccc34)nc3cccc1c32. The average Bonchev–Trinajstić information content (AvgIpc) is 4.23. The fourth-order valence-electron chi connectivity index (χ4n) is 12.7. The predicted molar refractivity (Wildman–Crippen MR) is 322 cm³/mol. The van der Waals surface area contributed by atoms with Gasteiger partial charge in [0.25, 0.3) is 0 Å². The van der Waals surface area contributed by atoms with Crippen molar-refractivity contribution in [3.8, 4) is 56.4 Å². The second kappa shape index (κ2) is 17.2. The van der Waals surface area contributed by atoms with Gasteiger partial charge in [0.05, 0.1) is 53.0 Å². The van der Waals surface area contributed by atoms with Crippen LogP contribution in [0.4, 0.5) is 0 Å². The number of aromatic nitrogens is 4. The van der Waals surface area contributed by atoms with Crippen LogP contribution < -0.4 is 0 Å². The first-order valence-electron chi connectivity index (χ1n) is 26.4. The Morgan fingerprint density at radius 1 is 0.275 bits per heavy atom. The maximum atomic E-state index is 13.7. The summed E-state index contributed by atoms with van der Waals surface area (Å²) < 4.78 is 58.7. The molecule has 0 aliphatic carbocycles. The van der Waals surface area contributed by atoms with Gasteiger partial charge >= 0.3 is 0 Å². The molecule has 378 valence electrons. The first kappa shape index (κ1) is 46.1.